The van der Waals surface area contributed by atoms with Gasteiger partial charge in [-0.1, -0.05) is 30.3 Å². The van der Waals surface area contributed by atoms with E-state index in [0.717, 1.165) is 25.6 Å². The molecule has 14 heteroatoms. The third-order valence-electron chi connectivity index (χ3n) is 5.88. The molecule has 0 radical (unpaired) electrons. The van der Waals surface area contributed by atoms with Gasteiger partial charge in [0.05, 0.1) is 31.6 Å². The Bertz CT molecular complexity index is 1150. The van der Waals surface area contributed by atoms with Crippen LogP contribution in [0.2, 0.25) is 0 Å². The minimum absolute atomic E-state index is 0.0375. The zero-order chi connectivity index (χ0) is 29.8. The Balaban J connectivity index is 1.52. The second-order valence-electron chi connectivity index (χ2n) is 9.24. The molecule has 1 N–H and O–H groups in total. The van der Waals surface area contributed by atoms with Gasteiger partial charge in [0.15, 0.2) is 17.9 Å². The molecular weight excluding hydrogens is 551 g/mol. The molecule has 0 unspecified atom stereocenters. The summed E-state index contributed by atoms with van der Waals surface area (Å²) in [5, 5.41) is 2.74. The zero-order valence-electron chi connectivity index (χ0n) is 22.6. The maximum atomic E-state index is 13.1. The molecule has 1 aromatic carbocycles. The Morgan fingerprint density at radius 3 is 2.41 bits per heavy atom. The van der Waals surface area contributed by atoms with Crippen LogP contribution in [0.25, 0.3) is 0 Å². The summed E-state index contributed by atoms with van der Waals surface area (Å²) in [6.45, 7) is 2.61. The third-order valence-corrected chi connectivity index (χ3v) is 5.88. The van der Waals surface area contributed by atoms with Crippen molar-refractivity contribution in [2.75, 3.05) is 25.1 Å². The Labute approximate surface area is 234 Å². The summed E-state index contributed by atoms with van der Waals surface area (Å²) in [7, 11) is 0. The topological polar surface area (TPSA) is 135 Å². The Morgan fingerprint density at radius 1 is 1.02 bits per heavy atom. The van der Waals surface area contributed by atoms with Crippen LogP contribution in [0.5, 0.6) is 0 Å². The molecule has 41 heavy (non-hydrogen) atoms. The van der Waals surface area contributed by atoms with Gasteiger partial charge in [0.2, 0.25) is 0 Å². The van der Waals surface area contributed by atoms with Gasteiger partial charge < -0.3 is 29.0 Å². The second kappa shape index (κ2) is 15.3. The Kier molecular flexibility index (Phi) is 11.8. The monoisotopic (exact) mass is 583 g/mol. The smallest absolute Gasteiger partial charge is 0.434 e. The van der Waals surface area contributed by atoms with Crippen molar-refractivity contribution in [3.8, 4) is 0 Å². The lowest BCUT2D eigenvalue weighted by Gasteiger charge is -2.41. The average molecular weight is 584 g/mol. The molecule has 4 atom stereocenters. The van der Waals surface area contributed by atoms with Crippen molar-refractivity contribution >= 4 is 23.7 Å². The molecule has 0 amide bonds. The first-order valence-electron chi connectivity index (χ1n) is 12.9. The fourth-order valence-electron chi connectivity index (χ4n) is 4.04. The summed E-state index contributed by atoms with van der Waals surface area (Å²) in [5.41, 5.74) is -0.318. The number of nitrogens with one attached hydrogen (secondary N) is 1. The molecule has 2 heterocycles. The molecule has 1 fully saturated rings. The number of anilines is 1. The molecule has 0 bridgehead atoms. The van der Waals surface area contributed by atoms with E-state index in [1.807, 2.05) is 30.3 Å². The molecule has 0 aliphatic carbocycles. The minimum Gasteiger partial charge on any atom is -0.461 e. The zero-order valence-corrected chi connectivity index (χ0v) is 22.6. The van der Waals surface area contributed by atoms with Crippen LogP contribution in [0.15, 0.2) is 42.7 Å². The van der Waals surface area contributed by atoms with Crippen LogP contribution in [0.1, 0.15) is 44.4 Å². The summed E-state index contributed by atoms with van der Waals surface area (Å²) >= 11 is 0. The molecule has 0 spiro atoms. The van der Waals surface area contributed by atoms with E-state index in [9.17, 15) is 27.6 Å². The summed E-state index contributed by atoms with van der Waals surface area (Å²) in [6, 6.07) is 8.40. The highest BCUT2D eigenvalue weighted by molar-refractivity contribution is 5.69. The number of rotatable bonds is 13. The van der Waals surface area contributed by atoms with Crippen LogP contribution in [0, 0.1) is 0 Å². The molecule has 0 saturated carbocycles. The van der Waals surface area contributed by atoms with Crippen molar-refractivity contribution in [3.63, 3.8) is 0 Å². The lowest BCUT2D eigenvalue weighted by molar-refractivity contribution is -0.202. The van der Waals surface area contributed by atoms with E-state index in [1.54, 1.807) is 0 Å². The average Bonchev–Trinajstić information content (AvgIpc) is 2.92. The molecule has 1 aliphatic heterocycles. The predicted molar refractivity (Wildman–Crippen MR) is 136 cm³/mol. The number of carbonyl (C=O) groups excluding carboxylic acids is 3. The minimum atomic E-state index is -4.71. The fourth-order valence-corrected chi connectivity index (χ4v) is 4.04. The van der Waals surface area contributed by atoms with Gasteiger partial charge in [0.25, 0.3) is 0 Å². The number of carbonyl (C=O) groups is 3. The molecule has 1 aliphatic rings. The largest absolute Gasteiger partial charge is 0.461 e. The van der Waals surface area contributed by atoms with Crippen molar-refractivity contribution in [2.45, 2.75) is 70.2 Å². The molecule has 224 valence electrons. The highest BCUT2D eigenvalue weighted by Crippen LogP contribution is 2.29. The van der Waals surface area contributed by atoms with E-state index >= 15 is 0 Å². The maximum Gasteiger partial charge on any atom is 0.434 e. The molecular formula is C27H32F3N3O8. The molecule has 11 nitrogen and oxygen atoms in total. The first kappa shape index (κ1) is 31.7. The van der Waals surface area contributed by atoms with Crippen LogP contribution in [-0.2, 0) is 50.9 Å². The number of unbranched alkanes of at least 4 members (excludes halogenated alkanes) is 1. The summed E-state index contributed by atoms with van der Waals surface area (Å²) in [4.78, 5) is 42.8. The highest BCUT2D eigenvalue weighted by atomic mass is 19.4. The number of ether oxygens (including phenoxy) is 5. The number of hydrogen-bond acceptors (Lipinski definition) is 11. The Hall–Kier alpha value is -3.78. The van der Waals surface area contributed by atoms with Crippen molar-refractivity contribution < 1.29 is 51.2 Å². The second-order valence-corrected chi connectivity index (χ2v) is 9.24. The van der Waals surface area contributed by atoms with Gasteiger partial charge in [-0.2, -0.15) is 13.2 Å². The molecule has 3 rings (SSSR count). The van der Waals surface area contributed by atoms with Crippen LogP contribution in [0.3, 0.4) is 0 Å². The number of alkyl halides is 3. The number of hydrogen-bond donors (Lipinski definition) is 1. The molecule has 1 aromatic heterocycles. The van der Waals surface area contributed by atoms with Crippen molar-refractivity contribution in [1.82, 2.24) is 9.97 Å². The summed E-state index contributed by atoms with van der Waals surface area (Å²) in [6.07, 6.45) is -4.89. The number of aromatic nitrogens is 2. The van der Waals surface area contributed by atoms with E-state index < -0.39 is 48.2 Å². The standard InChI is InChI=1S/C27H32F3N3O8/c1-17(34)40-25-20(32-23-13-31-12-22(33-23)27(28,29)30)15-38-21(26(25)41-18(2)35)16-37-11-7-6-10-24(36)39-14-19-8-4-3-5-9-19/h3-5,8-9,12-13,20-21,25-26H,6-7,10-11,14-16H2,1-2H3,(H,32,33)/t20-,21+,25+,26-/m0/s1. The Morgan fingerprint density at radius 2 is 1.73 bits per heavy atom. The first-order chi connectivity index (χ1) is 19.5. The lowest BCUT2D eigenvalue weighted by atomic mass is 9.97. The number of esters is 3. The van der Waals surface area contributed by atoms with Crippen molar-refractivity contribution in [3.05, 3.63) is 54.0 Å². The number of benzene rings is 1. The van der Waals surface area contributed by atoms with E-state index in [0.29, 0.717) is 19.0 Å². The van der Waals surface area contributed by atoms with E-state index in [1.165, 1.54) is 0 Å². The molecule has 1 saturated heterocycles. The normalized spacial score (nSPS) is 20.6. The van der Waals surface area contributed by atoms with Crippen LogP contribution in [-0.4, -0.2) is 72.1 Å². The fraction of sp³-hybridized carbons (Fsp3) is 0.519. The third kappa shape index (κ3) is 10.6. The van der Waals surface area contributed by atoms with Crippen LogP contribution >= 0.6 is 0 Å². The van der Waals surface area contributed by atoms with Gasteiger partial charge in [-0.05, 0) is 18.4 Å². The highest BCUT2D eigenvalue weighted by Gasteiger charge is 2.45. The van der Waals surface area contributed by atoms with Gasteiger partial charge in [-0.25, -0.2) is 4.98 Å². The molecule has 2 aromatic rings. The van der Waals surface area contributed by atoms with Gasteiger partial charge in [0.1, 0.15) is 18.5 Å². The summed E-state index contributed by atoms with van der Waals surface area (Å²) in [5.74, 6) is -1.94. The van der Waals surface area contributed by atoms with Gasteiger partial charge >= 0.3 is 24.1 Å². The van der Waals surface area contributed by atoms with Crippen LogP contribution in [0.4, 0.5) is 19.0 Å². The predicted octanol–water partition coefficient (Wildman–Crippen LogP) is 3.47. The van der Waals surface area contributed by atoms with Crippen molar-refractivity contribution in [2.24, 2.45) is 0 Å². The van der Waals surface area contributed by atoms with E-state index in [4.69, 9.17) is 23.7 Å². The maximum absolute atomic E-state index is 13.1. The number of halogens is 3. The number of nitrogens with zero attached hydrogens (tertiary/aromatic N) is 2. The van der Waals surface area contributed by atoms with Crippen molar-refractivity contribution in [1.29, 1.82) is 0 Å². The quantitative estimate of drug-likeness (QED) is 0.211. The van der Waals surface area contributed by atoms with Gasteiger partial charge in [-0.3, -0.25) is 19.4 Å². The van der Waals surface area contributed by atoms with E-state index in [-0.39, 0.29) is 44.6 Å². The SMILES string of the molecule is CC(=O)O[C@@H]1[C@H](OC(C)=O)[C@@H](Nc2cncc(C(F)(F)F)n2)CO[C@@H]1COCCCCC(=O)OCc1ccccc1. The van der Waals surface area contributed by atoms with Gasteiger partial charge in [-0.15, -0.1) is 0 Å². The first-order valence-corrected chi connectivity index (χ1v) is 12.9. The lowest BCUT2D eigenvalue weighted by Crippen LogP contribution is -2.59. The van der Waals surface area contributed by atoms with Crippen LogP contribution < -0.4 is 5.32 Å². The summed E-state index contributed by atoms with van der Waals surface area (Å²) < 4.78 is 66.7. The van der Waals surface area contributed by atoms with Gasteiger partial charge in [0, 0.05) is 26.9 Å². The van der Waals surface area contributed by atoms with E-state index in [2.05, 4.69) is 15.3 Å².